The van der Waals surface area contributed by atoms with Crippen LogP contribution >= 0.6 is 0 Å². The average Bonchev–Trinajstić information content (AvgIpc) is 2.83. The minimum atomic E-state index is 0.469. The van der Waals surface area contributed by atoms with Crippen LogP contribution in [0.25, 0.3) is 0 Å². The summed E-state index contributed by atoms with van der Waals surface area (Å²) in [6.45, 7) is 7.29. The molecule has 0 aliphatic heterocycles. The second-order valence-corrected chi connectivity index (χ2v) is 5.11. The largest absolute Gasteiger partial charge is 0.310 e. The van der Waals surface area contributed by atoms with Crippen molar-refractivity contribution in [2.45, 2.75) is 52.5 Å². The van der Waals surface area contributed by atoms with Gasteiger partial charge in [-0.05, 0) is 50.8 Å². The molecule has 0 amide bonds. The van der Waals surface area contributed by atoms with E-state index in [1.54, 1.807) is 0 Å². The van der Waals surface area contributed by atoms with Crippen molar-refractivity contribution < 1.29 is 0 Å². The lowest BCUT2D eigenvalue weighted by Gasteiger charge is -2.25. The minimum absolute atomic E-state index is 0.469. The van der Waals surface area contributed by atoms with Gasteiger partial charge in [0.1, 0.15) is 0 Å². The SMILES string of the molecule is CCNC(c1cc(C)nnc1C)C1CCCC1. The molecule has 0 bridgehead atoms. The van der Waals surface area contributed by atoms with Crippen molar-refractivity contribution in [2.75, 3.05) is 6.54 Å². The van der Waals surface area contributed by atoms with Crippen LogP contribution in [0.3, 0.4) is 0 Å². The van der Waals surface area contributed by atoms with Crippen LogP contribution in [0.15, 0.2) is 6.07 Å². The maximum Gasteiger partial charge on any atom is 0.0648 e. The standard InChI is InChI=1S/C14H23N3/c1-4-15-14(12-7-5-6-8-12)13-9-10(2)16-17-11(13)3/h9,12,14-15H,4-8H2,1-3H3. The van der Waals surface area contributed by atoms with Gasteiger partial charge in [0.2, 0.25) is 0 Å². The fourth-order valence-electron chi connectivity index (χ4n) is 2.93. The van der Waals surface area contributed by atoms with Gasteiger partial charge in [-0.15, -0.1) is 0 Å². The van der Waals surface area contributed by atoms with Crippen molar-refractivity contribution in [1.29, 1.82) is 0 Å². The third-order valence-electron chi connectivity index (χ3n) is 3.77. The summed E-state index contributed by atoms with van der Waals surface area (Å²) < 4.78 is 0. The second kappa shape index (κ2) is 5.58. The van der Waals surface area contributed by atoms with Crippen molar-refractivity contribution in [3.05, 3.63) is 23.0 Å². The van der Waals surface area contributed by atoms with Crippen molar-refractivity contribution in [2.24, 2.45) is 5.92 Å². The Kier molecular flexibility index (Phi) is 4.11. The van der Waals surface area contributed by atoms with Crippen LogP contribution in [-0.2, 0) is 0 Å². The van der Waals surface area contributed by atoms with Gasteiger partial charge in [-0.2, -0.15) is 10.2 Å². The molecule has 1 fully saturated rings. The summed E-state index contributed by atoms with van der Waals surface area (Å²) in [5.41, 5.74) is 3.45. The van der Waals surface area contributed by atoms with E-state index in [1.807, 2.05) is 6.92 Å². The van der Waals surface area contributed by atoms with Gasteiger partial charge in [0.15, 0.2) is 0 Å². The van der Waals surface area contributed by atoms with E-state index < -0.39 is 0 Å². The van der Waals surface area contributed by atoms with Gasteiger partial charge < -0.3 is 5.32 Å². The number of nitrogens with zero attached hydrogens (tertiary/aromatic N) is 2. The first-order chi connectivity index (χ1) is 8.22. The Morgan fingerprint density at radius 2 is 2.00 bits per heavy atom. The Morgan fingerprint density at radius 1 is 1.29 bits per heavy atom. The highest BCUT2D eigenvalue weighted by atomic mass is 15.1. The molecule has 0 radical (unpaired) electrons. The third kappa shape index (κ3) is 2.83. The van der Waals surface area contributed by atoms with Gasteiger partial charge in [-0.3, -0.25) is 0 Å². The smallest absolute Gasteiger partial charge is 0.0648 e. The van der Waals surface area contributed by atoms with E-state index in [1.165, 1.54) is 31.2 Å². The highest BCUT2D eigenvalue weighted by molar-refractivity contribution is 5.24. The number of rotatable bonds is 4. The number of aryl methyl sites for hydroxylation is 2. The Bertz CT molecular complexity index is 370. The zero-order valence-electron chi connectivity index (χ0n) is 11.2. The van der Waals surface area contributed by atoms with E-state index in [4.69, 9.17) is 0 Å². The predicted octanol–water partition coefficient (Wildman–Crippen LogP) is 2.93. The summed E-state index contributed by atoms with van der Waals surface area (Å²) in [4.78, 5) is 0. The minimum Gasteiger partial charge on any atom is -0.310 e. The second-order valence-electron chi connectivity index (χ2n) is 5.11. The van der Waals surface area contributed by atoms with Crippen LogP contribution in [-0.4, -0.2) is 16.7 Å². The summed E-state index contributed by atoms with van der Waals surface area (Å²) in [6.07, 6.45) is 5.45. The molecule has 1 saturated carbocycles. The molecule has 94 valence electrons. The zero-order valence-corrected chi connectivity index (χ0v) is 11.2. The lowest BCUT2D eigenvalue weighted by molar-refractivity contribution is 0.371. The third-order valence-corrected chi connectivity index (χ3v) is 3.77. The fourth-order valence-corrected chi connectivity index (χ4v) is 2.93. The van der Waals surface area contributed by atoms with Gasteiger partial charge in [0.25, 0.3) is 0 Å². The van der Waals surface area contributed by atoms with E-state index >= 15 is 0 Å². The summed E-state index contributed by atoms with van der Waals surface area (Å²) >= 11 is 0. The molecule has 2 rings (SSSR count). The molecule has 1 unspecified atom stereocenters. The topological polar surface area (TPSA) is 37.8 Å². The molecule has 0 saturated heterocycles. The lowest BCUT2D eigenvalue weighted by atomic mass is 9.90. The highest BCUT2D eigenvalue weighted by Crippen LogP contribution is 2.36. The van der Waals surface area contributed by atoms with Crippen molar-refractivity contribution in [3.63, 3.8) is 0 Å². The summed E-state index contributed by atoms with van der Waals surface area (Å²) in [5, 5.41) is 12.0. The summed E-state index contributed by atoms with van der Waals surface area (Å²) in [5.74, 6) is 0.775. The first-order valence-electron chi connectivity index (χ1n) is 6.76. The van der Waals surface area contributed by atoms with Crippen LogP contribution < -0.4 is 5.32 Å². The van der Waals surface area contributed by atoms with E-state index in [-0.39, 0.29) is 0 Å². The molecule has 1 aromatic rings. The summed E-state index contributed by atoms with van der Waals surface area (Å²) in [7, 11) is 0. The van der Waals surface area contributed by atoms with Crippen molar-refractivity contribution in [1.82, 2.24) is 15.5 Å². The normalized spacial score (nSPS) is 18.5. The quantitative estimate of drug-likeness (QED) is 0.869. The monoisotopic (exact) mass is 233 g/mol. The van der Waals surface area contributed by atoms with Crippen LogP contribution in [0.2, 0.25) is 0 Å². The molecule has 0 spiro atoms. The molecule has 3 nitrogen and oxygen atoms in total. The Morgan fingerprint density at radius 3 is 2.65 bits per heavy atom. The number of hydrogen-bond donors (Lipinski definition) is 1. The van der Waals surface area contributed by atoms with Gasteiger partial charge in [-0.25, -0.2) is 0 Å². The van der Waals surface area contributed by atoms with Gasteiger partial charge in [-0.1, -0.05) is 19.8 Å². The number of hydrogen-bond acceptors (Lipinski definition) is 3. The van der Waals surface area contributed by atoms with E-state index in [2.05, 4.69) is 35.4 Å². The van der Waals surface area contributed by atoms with Crippen molar-refractivity contribution in [3.8, 4) is 0 Å². The van der Waals surface area contributed by atoms with Crippen LogP contribution in [0.4, 0.5) is 0 Å². The van der Waals surface area contributed by atoms with E-state index in [0.29, 0.717) is 6.04 Å². The first-order valence-corrected chi connectivity index (χ1v) is 6.76. The average molecular weight is 233 g/mol. The van der Waals surface area contributed by atoms with E-state index in [0.717, 1.165) is 23.9 Å². The zero-order chi connectivity index (χ0) is 12.3. The van der Waals surface area contributed by atoms with Crippen LogP contribution in [0, 0.1) is 19.8 Å². The van der Waals surface area contributed by atoms with Gasteiger partial charge in [0, 0.05) is 6.04 Å². The molecule has 3 heteroatoms. The lowest BCUT2D eigenvalue weighted by Crippen LogP contribution is -2.28. The molecule has 1 aliphatic rings. The van der Waals surface area contributed by atoms with Crippen molar-refractivity contribution >= 4 is 0 Å². The molecule has 17 heavy (non-hydrogen) atoms. The Balaban J connectivity index is 2.27. The predicted molar refractivity (Wildman–Crippen MR) is 69.9 cm³/mol. The van der Waals surface area contributed by atoms with E-state index in [9.17, 15) is 0 Å². The summed E-state index contributed by atoms with van der Waals surface area (Å²) in [6, 6.07) is 2.67. The number of aromatic nitrogens is 2. The van der Waals surface area contributed by atoms with Crippen LogP contribution in [0.1, 0.15) is 55.6 Å². The maximum absolute atomic E-state index is 4.26. The highest BCUT2D eigenvalue weighted by Gasteiger charge is 2.27. The Hall–Kier alpha value is -0.960. The molecule has 0 aromatic carbocycles. The fraction of sp³-hybridized carbons (Fsp3) is 0.714. The number of nitrogens with one attached hydrogen (secondary N) is 1. The van der Waals surface area contributed by atoms with Gasteiger partial charge in [0.05, 0.1) is 11.4 Å². The van der Waals surface area contributed by atoms with Crippen LogP contribution in [0.5, 0.6) is 0 Å². The maximum atomic E-state index is 4.26. The van der Waals surface area contributed by atoms with Gasteiger partial charge >= 0.3 is 0 Å². The first kappa shape index (κ1) is 12.5. The molecule has 1 atom stereocenters. The Labute approximate surface area is 104 Å². The molecular formula is C14H23N3. The molecule has 1 N–H and O–H groups in total. The molecule has 1 heterocycles. The molecule has 1 aliphatic carbocycles. The molecular weight excluding hydrogens is 210 g/mol. The molecule has 1 aromatic heterocycles.